The highest BCUT2D eigenvalue weighted by Crippen LogP contribution is 2.21. The van der Waals surface area contributed by atoms with Crippen LogP contribution in [0.5, 0.6) is 5.75 Å². The Hall–Kier alpha value is -2.98. The van der Waals surface area contributed by atoms with Crippen LogP contribution in [0.2, 0.25) is 0 Å². The van der Waals surface area contributed by atoms with Gasteiger partial charge in [-0.3, -0.25) is 24.7 Å². The minimum Gasteiger partial charge on any atom is -0.494 e. The third kappa shape index (κ3) is 7.25. The number of nitrogens with zero attached hydrogens (tertiary/aromatic N) is 2. The Morgan fingerprint density at radius 2 is 1.74 bits per heavy atom. The first-order valence-corrected chi connectivity index (χ1v) is 12.7. The van der Waals surface area contributed by atoms with Crippen LogP contribution >= 0.6 is 28.1 Å². The normalized spacial score (nSPS) is 15.3. The predicted molar refractivity (Wildman–Crippen MR) is 142 cm³/mol. The summed E-state index contributed by atoms with van der Waals surface area (Å²) in [6, 6.07) is 12.9. The number of thiocarbonyl (C=S) groups is 1. The summed E-state index contributed by atoms with van der Waals surface area (Å²) < 4.78 is 6.56. The molecule has 2 N–H and O–H groups in total. The second kappa shape index (κ2) is 12.6. The summed E-state index contributed by atoms with van der Waals surface area (Å²) in [4.78, 5) is 39.4. The number of halogens is 1. The number of likely N-dealkylation sites (N-methyl/N-ethyl adjacent to an activating group) is 1. The highest BCUT2D eigenvalue weighted by molar-refractivity contribution is 9.10. The van der Waals surface area contributed by atoms with Crippen molar-refractivity contribution in [3.05, 3.63) is 58.6 Å². The van der Waals surface area contributed by atoms with E-state index in [4.69, 9.17) is 17.0 Å². The first-order valence-electron chi connectivity index (χ1n) is 11.5. The summed E-state index contributed by atoms with van der Waals surface area (Å²) in [6.45, 7) is 2.82. The molecule has 1 aliphatic heterocycles. The Balaban J connectivity index is 1.57. The molecule has 1 saturated heterocycles. The highest BCUT2D eigenvalue weighted by Gasteiger charge is 2.42. The van der Waals surface area contributed by atoms with Gasteiger partial charge in [-0.15, -0.1) is 0 Å². The van der Waals surface area contributed by atoms with Crippen LogP contribution in [0.3, 0.4) is 0 Å². The quantitative estimate of drug-likeness (QED) is 0.310. The van der Waals surface area contributed by atoms with Crippen molar-refractivity contribution < 1.29 is 19.1 Å². The fraction of sp³-hybridized carbons (Fsp3) is 0.360. The molecule has 1 aliphatic rings. The number of benzene rings is 2. The number of carbonyl (C=O) groups excluding carboxylic acids is 3. The summed E-state index contributed by atoms with van der Waals surface area (Å²) >= 11 is 8.65. The van der Waals surface area contributed by atoms with Gasteiger partial charge in [-0.05, 0) is 67.2 Å². The molecular weight excluding hydrogens is 532 g/mol. The van der Waals surface area contributed by atoms with Gasteiger partial charge >= 0.3 is 0 Å². The van der Waals surface area contributed by atoms with E-state index in [9.17, 15) is 14.4 Å². The number of rotatable bonds is 11. The molecule has 0 saturated carbocycles. The molecule has 1 fully saturated rings. The van der Waals surface area contributed by atoms with Crippen LogP contribution in [0.15, 0.2) is 53.0 Å². The van der Waals surface area contributed by atoms with Gasteiger partial charge in [0.15, 0.2) is 5.11 Å². The number of amides is 3. The largest absolute Gasteiger partial charge is 0.494 e. The first-order chi connectivity index (χ1) is 16.8. The molecule has 0 radical (unpaired) electrons. The van der Waals surface area contributed by atoms with E-state index in [2.05, 4.69) is 33.6 Å². The van der Waals surface area contributed by atoms with Gasteiger partial charge in [-0.25, -0.2) is 5.01 Å². The van der Waals surface area contributed by atoms with Gasteiger partial charge in [-0.2, -0.15) is 0 Å². The van der Waals surface area contributed by atoms with Crippen molar-refractivity contribution >= 4 is 56.7 Å². The minimum atomic E-state index is -0.947. The van der Waals surface area contributed by atoms with Crippen LogP contribution < -0.4 is 15.5 Å². The molecule has 35 heavy (non-hydrogen) atoms. The first kappa shape index (κ1) is 26.6. The van der Waals surface area contributed by atoms with Crippen molar-refractivity contribution in [2.75, 3.05) is 19.0 Å². The summed E-state index contributed by atoms with van der Waals surface area (Å²) in [5.74, 6) is -0.441. The van der Waals surface area contributed by atoms with E-state index < -0.39 is 11.9 Å². The fourth-order valence-electron chi connectivity index (χ4n) is 3.54. The Morgan fingerprint density at radius 3 is 2.40 bits per heavy atom. The lowest BCUT2D eigenvalue weighted by molar-refractivity contribution is -0.130. The molecule has 3 rings (SSSR count). The summed E-state index contributed by atoms with van der Waals surface area (Å²) in [5, 5.41) is 4.19. The van der Waals surface area contributed by atoms with Crippen LogP contribution in [0.4, 0.5) is 5.69 Å². The molecule has 0 bridgehead atoms. The molecule has 2 aromatic rings. The molecule has 8 nitrogen and oxygen atoms in total. The molecule has 1 unspecified atom stereocenters. The van der Waals surface area contributed by atoms with Crippen LogP contribution in [0.25, 0.3) is 0 Å². The maximum atomic E-state index is 12.7. The molecule has 10 heteroatoms. The number of ether oxygens (including phenoxy) is 1. The van der Waals surface area contributed by atoms with Gasteiger partial charge in [0.05, 0.1) is 13.0 Å². The predicted octanol–water partition coefficient (Wildman–Crippen LogP) is 4.51. The minimum absolute atomic E-state index is 0.124. The average Bonchev–Trinajstić information content (AvgIpc) is 3.04. The lowest BCUT2D eigenvalue weighted by Gasteiger charge is -2.24. The smallest absolute Gasteiger partial charge is 0.269 e. The van der Waals surface area contributed by atoms with E-state index in [1.807, 2.05) is 0 Å². The van der Waals surface area contributed by atoms with E-state index in [0.29, 0.717) is 17.9 Å². The summed E-state index contributed by atoms with van der Waals surface area (Å²) in [5.41, 5.74) is 3.64. The van der Waals surface area contributed by atoms with Crippen molar-refractivity contribution in [3.8, 4) is 5.75 Å². The van der Waals surface area contributed by atoms with E-state index in [1.54, 1.807) is 48.5 Å². The average molecular weight is 562 g/mol. The number of unbranched alkanes of at least 4 members (excludes halogenated alkanes) is 3. The number of hydrogen-bond donors (Lipinski definition) is 2. The van der Waals surface area contributed by atoms with E-state index in [1.165, 1.54) is 29.8 Å². The van der Waals surface area contributed by atoms with Gasteiger partial charge in [0.2, 0.25) is 5.91 Å². The summed E-state index contributed by atoms with van der Waals surface area (Å²) in [7, 11) is 1.52. The van der Waals surface area contributed by atoms with Gasteiger partial charge in [0.25, 0.3) is 11.8 Å². The van der Waals surface area contributed by atoms with Crippen LogP contribution in [0, 0.1) is 0 Å². The zero-order valence-electron chi connectivity index (χ0n) is 19.8. The maximum Gasteiger partial charge on any atom is 0.269 e. The molecule has 1 heterocycles. The zero-order chi connectivity index (χ0) is 25.4. The lowest BCUT2D eigenvalue weighted by Crippen LogP contribution is -2.49. The van der Waals surface area contributed by atoms with Gasteiger partial charge in [-0.1, -0.05) is 42.1 Å². The van der Waals surface area contributed by atoms with Crippen molar-refractivity contribution in [3.63, 3.8) is 0 Å². The molecule has 3 amide bonds. The topological polar surface area (TPSA) is 91.0 Å². The number of hydrogen-bond acceptors (Lipinski definition) is 5. The molecule has 2 aromatic carbocycles. The third-order valence-corrected chi connectivity index (χ3v) is 6.53. The second-order valence-corrected chi connectivity index (χ2v) is 9.48. The Bertz CT molecular complexity index is 1060. The van der Waals surface area contributed by atoms with Gasteiger partial charge < -0.3 is 10.1 Å². The van der Waals surface area contributed by atoms with Crippen LogP contribution in [-0.2, 0) is 9.59 Å². The van der Waals surface area contributed by atoms with Crippen LogP contribution in [0.1, 0.15) is 49.4 Å². The Kier molecular flexibility index (Phi) is 9.62. The lowest BCUT2D eigenvalue weighted by atomic mass is 10.2. The number of hydrazine groups is 1. The molecule has 1 atom stereocenters. The van der Waals surface area contributed by atoms with Crippen LogP contribution in [-0.4, -0.2) is 52.4 Å². The maximum absolute atomic E-state index is 12.7. The fourth-order valence-corrected chi connectivity index (χ4v) is 4.07. The van der Waals surface area contributed by atoms with Crippen molar-refractivity contribution in [1.29, 1.82) is 0 Å². The number of carbonyl (C=O) groups is 3. The molecule has 186 valence electrons. The van der Waals surface area contributed by atoms with Crippen molar-refractivity contribution in [2.45, 2.75) is 45.1 Å². The van der Waals surface area contributed by atoms with Gasteiger partial charge in [0.1, 0.15) is 11.8 Å². The molecular formula is C25H29BrN4O4S. The molecule has 0 aromatic heterocycles. The third-order valence-electron chi connectivity index (χ3n) is 5.53. The van der Waals surface area contributed by atoms with Crippen molar-refractivity contribution in [1.82, 2.24) is 15.3 Å². The SMILES string of the molecule is CCCCCCOc1ccc(NC(=O)CC2C(=O)N(C)C(=S)N2NC(=O)c2ccc(Br)cc2)cc1. The molecule has 0 aliphatic carbocycles. The monoisotopic (exact) mass is 560 g/mol. The van der Waals surface area contributed by atoms with Crippen molar-refractivity contribution in [2.24, 2.45) is 0 Å². The standard InChI is InChI=1S/C25H29BrN4O4S/c1-3-4-5-6-15-34-20-13-11-19(12-14-20)27-22(31)16-21-24(33)29(2)25(35)30(21)28-23(32)17-7-9-18(26)10-8-17/h7-14,21H,3-6,15-16H2,1-2H3,(H,27,31)(H,28,32). The Morgan fingerprint density at radius 1 is 1.06 bits per heavy atom. The van der Waals surface area contributed by atoms with Gasteiger partial charge in [0, 0.05) is 22.8 Å². The van der Waals surface area contributed by atoms with E-state index in [0.717, 1.165) is 23.1 Å². The summed E-state index contributed by atoms with van der Waals surface area (Å²) in [6.07, 6.45) is 4.35. The zero-order valence-corrected chi connectivity index (χ0v) is 22.2. The second-order valence-electron chi connectivity index (χ2n) is 8.20. The Labute approximate surface area is 219 Å². The van der Waals surface area contributed by atoms with E-state index in [-0.39, 0.29) is 23.3 Å². The number of nitrogens with one attached hydrogen (secondary N) is 2. The van der Waals surface area contributed by atoms with E-state index >= 15 is 0 Å². The molecule has 0 spiro atoms. The highest BCUT2D eigenvalue weighted by atomic mass is 79.9. The number of anilines is 1.